The lowest BCUT2D eigenvalue weighted by atomic mass is 10.0. The highest BCUT2D eigenvalue weighted by Gasteiger charge is 2.14. The minimum atomic E-state index is 0.265. The Morgan fingerprint density at radius 2 is 2.26 bits per heavy atom. The lowest BCUT2D eigenvalue weighted by Crippen LogP contribution is -2.23. The number of rotatable bonds is 5. The normalized spacial score (nSPS) is 12.6. The molecule has 2 nitrogen and oxygen atoms in total. The number of benzene rings is 1. The molecule has 102 valence electrons. The van der Waals surface area contributed by atoms with Crippen molar-refractivity contribution in [2.24, 2.45) is 0 Å². The first kappa shape index (κ1) is 15.2. The van der Waals surface area contributed by atoms with Crippen LogP contribution < -0.4 is 5.32 Å². The number of likely N-dealkylation sites (N-methyl/N-ethyl adjacent to an activating group) is 1. The Morgan fingerprint density at radius 1 is 1.47 bits per heavy atom. The summed E-state index contributed by atoms with van der Waals surface area (Å²) < 4.78 is 1.09. The van der Waals surface area contributed by atoms with E-state index in [1.807, 2.05) is 6.92 Å². The minimum Gasteiger partial charge on any atom is -0.310 e. The predicted octanol–water partition coefficient (Wildman–Crippen LogP) is 4.60. The van der Waals surface area contributed by atoms with Crippen LogP contribution in [0.15, 0.2) is 23.6 Å². The number of nitrogens with zero attached hydrogens (tertiary/aromatic N) is 1. The first-order chi connectivity index (χ1) is 9.10. The molecular weight excluding hydrogens is 391 g/mol. The molecule has 2 aromatic rings. The SMILES string of the molecule is CCNC(Cc1csc(C)n1)c1ccc(I)c(Cl)c1. The quantitative estimate of drug-likeness (QED) is 0.734. The summed E-state index contributed by atoms with van der Waals surface area (Å²) in [6, 6.07) is 6.52. The van der Waals surface area contributed by atoms with Crippen molar-refractivity contribution in [2.45, 2.75) is 26.3 Å². The van der Waals surface area contributed by atoms with Gasteiger partial charge in [0.05, 0.1) is 15.7 Å². The van der Waals surface area contributed by atoms with Gasteiger partial charge in [-0.05, 0) is 53.8 Å². The smallest absolute Gasteiger partial charge is 0.0897 e. The van der Waals surface area contributed by atoms with Crippen LogP contribution in [-0.2, 0) is 6.42 Å². The molecule has 1 N–H and O–H groups in total. The number of hydrogen-bond acceptors (Lipinski definition) is 3. The van der Waals surface area contributed by atoms with Gasteiger partial charge in [-0.25, -0.2) is 4.98 Å². The predicted molar refractivity (Wildman–Crippen MR) is 91.1 cm³/mol. The third-order valence-electron chi connectivity index (χ3n) is 2.88. The maximum absolute atomic E-state index is 6.22. The van der Waals surface area contributed by atoms with Gasteiger partial charge < -0.3 is 5.32 Å². The summed E-state index contributed by atoms with van der Waals surface area (Å²) in [4.78, 5) is 4.54. The zero-order valence-corrected chi connectivity index (χ0v) is 14.6. The van der Waals surface area contributed by atoms with Crippen molar-refractivity contribution >= 4 is 45.5 Å². The molecular formula is C14H16ClIN2S. The second kappa shape index (κ2) is 7.02. The average Bonchev–Trinajstić information content (AvgIpc) is 2.78. The molecule has 0 spiro atoms. The number of halogens is 2. The zero-order valence-electron chi connectivity index (χ0n) is 10.9. The van der Waals surface area contributed by atoms with Gasteiger partial charge in [0.25, 0.3) is 0 Å². The molecule has 2 rings (SSSR count). The molecule has 1 atom stereocenters. The van der Waals surface area contributed by atoms with Crippen molar-refractivity contribution < 1.29 is 0 Å². The molecule has 0 amide bonds. The topological polar surface area (TPSA) is 24.9 Å². The van der Waals surface area contributed by atoms with Crippen LogP contribution in [-0.4, -0.2) is 11.5 Å². The molecule has 1 aromatic heterocycles. The molecule has 0 saturated carbocycles. The Bertz CT molecular complexity index is 556. The number of aryl methyl sites for hydroxylation is 1. The van der Waals surface area contributed by atoms with Crippen LogP contribution in [0.1, 0.15) is 29.2 Å². The Morgan fingerprint density at radius 3 is 2.84 bits per heavy atom. The van der Waals surface area contributed by atoms with Gasteiger partial charge >= 0.3 is 0 Å². The number of thiazole rings is 1. The summed E-state index contributed by atoms with van der Waals surface area (Å²) >= 11 is 10.2. The van der Waals surface area contributed by atoms with Gasteiger partial charge in [-0.15, -0.1) is 11.3 Å². The summed E-state index contributed by atoms with van der Waals surface area (Å²) in [6.45, 7) is 5.09. The molecule has 1 aromatic carbocycles. The number of hydrogen-bond donors (Lipinski definition) is 1. The van der Waals surface area contributed by atoms with Gasteiger partial charge in [-0.1, -0.05) is 24.6 Å². The number of nitrogens with one attached hydrogen (secondary N) is 1. The average molecular weight is 407 g/mol. The lowest BCUT2D eigenvalue weighted by Gasteiger charge is -2.18. The molecule has 0 aliphatic carbocycles. The molecule has 0 aliphatic rings. The van der Waals surface area contributed by atoms with Crippen molar-refractivity contribution in [3.8, 4) is 0 Å². The van der Waals surface area contributed by atoms with Crippen LogP contribution >= 0.6 is 45.5 Å². The third-order valence-corrected chi connectivity index (χ3v) is 5.27. The first-order valence-corrected chi connectivity index (χ1v) is 8.53. The largest absolute Gasteiger partial charge is 0.310 e. The fraction of sp³-hybridized carbons (Fsp3) is 0.357. The van der Waals surface area contributed by atoms with Gasteiger partial charge in [0.15, 0.2) is 0 Å². The van der Waals surface area contributed by atoms with Gasteiger partial charge in [-0.3, -0.25) is 0 Å². The van der Waals surface area contributed by atoms with E-state index in [0.29, 0.717) is 0 Å². The van der Waals surface area contributed by atoms with Crippen LogP contribution in [0.5, 0.6) is 0 Å². The molecule has 0 aliphatic heterocycles. The van der Waals surface area contributed by atoms with E-state index in [4.69, 9.17) is 11.6 Å². The molecule has 1 unspecified atom stereocenters. The lowest BCUT2D eigenvalue weighted by molar-refractivity contribution is 0.545. The van der Waals surface area contributed by atoms with Crippen LogP contribution in [0.25, 0.3) is 0 Å². The highest BCUT2D eigenvalue weighted by molar-refractivity contribution is 14.1. The minimum absolute atomic E-state index is 0.265. The third kappa shape index (κ3) is 4.15. The summed E-state index contributed by atoms with van der Waals surface area (Å²) in [5.74, 6) is 0. The van der Waals surface area contributed by atoms with Crippen molar-refractivity contribution in [1.82, 2.24) is 10.3 Å². The Balaban J connectivity index is 2.21. The maximum atomic E-state index is 6.22. The molecule has 0 fully saturated rings. The molecule has 1 heterocycles. The van der Waals surface area contributed by atoms with Crippen molar-refractivity contribution in [3.05, 3.63) is 48.4 Å². The fourth-order valence-electron chi connectivity index (χ4n) is 1.99. The van der Waals surface area contributed by atoms with Gasteiger partial charge in [0, 0.05) is 21.4 Å². The monoisotopic (exact) mass is 406 g/mol. The highest BCUT2D eigenvalue weighted by atomic mass is 127. The molecule has 0 saturated heterocycles. The summed E-state index contributed by atoms with van der Waals surface area (Å²) in [5.41, 5.74) is 2.36. The van der Waals surface area contributed by atoms with Crippen molar-refractivity contribution in [3.63, 3.8) is 0 Å². The highest BCUT2D eigenvalue weighted by Crippen LogP contribution is 2.25. The van der Waals surface area contributed by atoms with Crippen LogP contribution in [0.4, 0.5) is 0 Å². The van der Waals surface area contributed by atoms with Gasteiger partial charge in [0.2, 0.25) is 0 Å². The van der Waals surface area contributed by atoms with Crippen molar-refractivity contribution in [2.75, 3.05) is 6.54 Å². The first-order valence-electron chi connectivity index (χ1n) is 6.19. The van der Waals surface area contributed by atoms with E-state index in [1.165, 1.54) is 5.56 Å². The Hall–Kier alpha value is -0.170. The number of aromatic nitrogens is 1. The van der Waals surface area contributed by atoms with E-state index in [2.05, 4.69) is 63.4 Å². The summed E-state index contributed by atoms with van der Waals surface area (Å²) in [6.07, 6.45) is 0.898. The van der Waals surface area contributed by atoms with E-state index < -0.39 is 0 Å². The molecule has 0 radical (unpaired) electrons. The van der Waals surface area contributed by atoms with Crippen LogP contribution in [0.3, 0.4) is 0 Å². The fourth-order valence-corrected chi connectivity index (χ4v) is 3.14. The van der Waals surface area contributed by atoms with Gasteiger partial charge in [-0.2, -0.15) is 0 Å². The van der Waals surface area contributed by atoms with Crippen LogP contribution in [0, 0.1) is 10.5 Å². The van der Waals surface area contributed by atoms with Crippen LogP contribution in [0.2, 0.25) is 5.02 Å². The Labute approximate surface area is 136 Å². The van der Waals surface area contributed by atoms with E-state index in [9.17, 15) is 0 Å². The molecule has 19 heavy (non-hydrogen) atoms. The van der Waals surface area contributed by atoms with E-state index in [-0.39, 0.29) is 6.04 Å². The Kier molecular flexibility index (Phi) is 5.62. The standard InChI is InChI=1S/C14H16ClIN2S/c1-3-17-14(7-11-8-19-9(2)18-11)10-4-5-13(16)12(15)6-10/h4-6,8,14,17H,3,7H2,1-2H3. The van der Waals surface area contributed by atoms with E-state index >= 15 is 0 Å². The summed E-state index contributed by atoms with van der Waals surface area (Å²) in [5, 5.41) is 7.57. The molecule has 5 heteroatoms. The van der Waals surface area contributed by atoms with E-state index in [0.717, 1.165) is 32.3 Å². The maximum Gasteiger partial charge on any atom is 0.0897 e. The zero-order chi connectivity index (χ0) is 13.8. The van der Waals surface area contributed by atoms with E-state index in [1.54, 1.807) is 11.3 Å². The summed E-state index contributed by atoms with van der Waals surface area (Å²) in [7, 11) is 0. The second-order valence-corrected chi connectivity index (χ2v) is 6.98. The second-order valence-electron chi connectivity index (χ2n) is 4.35. The molecule has 0 bridgehead atoms. The van der Waals surface area contributed by atoms with Gasteiger partial charge in [0.1, 0.15) is 0 Å². The van der Waals surface area contributed by atoms with Crippen molar-refractivity contribution in [1.29, 1.82) is 0 Å².